The molecule has 80 valence electrons. The predicted octanol–water partition coefficient (Wildman–Crippen LogP) is 3.39. The van der Waals surface area contributed by atoms with E-state index in [1.807, 2.05) is 18.2 Å². The molecule has 1 aromatic carbocycles. The molecule has 1 N–H and O–H groups in total. The molecule has 0 aliphatic rings. The van der Waals surface area contributed by atoms with Gasteiger partial charge in [0.05, 0.1) is 11.4 Å². The van der Waals surface area contributed by atoms with Crippen molar-refractivity contribution < 1.29 is 9.63 Å². The lowest BCUT2D eigenvalue weighted by molar-refractivity contribution is 0.166. The van der Waals surface area contributed by atoms with Gasteiger partial charge in [-0.3, -0.25) is 10.2 Å². The molecular weight excluding hydrogens is 260 g/mol. The third-order valence-electron chi connectivity index (χ3n) is 1.42. The molecule has 0 heterocycles. The molecule has 0 radical (unpaired) electrons. The number of rotatable bonds is 2. The largest absolute Gasteiger partial charge is 0.437 e. The number of nitrogens with zero attached hydrogens (tertiary/aromatic N) is 1. The van der Waals surface area contributed by atoms with Crippen molar-refractivity contribution in [3.05, 3.63) is 28.7 Å². The lowest BCUT2D eigenvalue weighted by atomic mass is 10.3. The molecule has 0 unspecified atom stereocenters. The van der Waals surface area contributed by atoms with Crippen LogP contribution in [-0.2, 0) is 4.84 Å². The molecule has 1 rings (SSSR count). The molecule has 0 saturated heterocycles. The number of carbonyl (C=O) groups is 1. The van der Waals surface area contributed by atoms with E-state index in [9.17, 15) is 4.79 Å². The van der Waals surface area contributed by atoms with E-state index in [0.717, 1.165) is 4.47 Å². The molecule has 0 saturated carbocycles. The minimum Gasteiger partial charge on any atom is -0.298 e. The second-order valence-electron chi connectivity index (χ2n) is 3.02. The van der Waals surface area contributed by atoms with Crippen LogP contribution in [0, 0.1) is 0 Å². The van der Waals surface area contributed by atoms with E-state index in [-0.39, 0.29) is 0 Å². The Bertz CT molecular complexity index is 387. The Hall–Kier alpha value is -1.36. The summed E-state index contributed by atoms with van der Waals surface area (Å²) in [7, 11) is 0. The fraction of sp³-hybridized carbons (Fsp3) is 0.200. The minimum absolute atomic E-state index is 0.608. The highest BCUT2D eigenvalue weighted by atomic mass is 79.9. The summed E-state index contributed by atoms with van der Waals surface area (Å²) in [5.74, 6) is 0. The predicted molar refractivity (Wildman–Crippen MR) is 63.0 cm³/mol. The van der Waals surface area contributed by atoms with Crippen LogP contribution in [0.5, 0.6) is 0 Å². The molecule has 0 aliphatic heterocycles. The van der Waals surface area contributed by atoms with Crippen molar-refractivity contribution in [2.24, 2.45) is 5.16 Å². The summed E-state index contributed by atoms with van der Waals surface area (Å²) in [6.45, 7) is 3.48. The lowest BCUT2D eigenvalue weighted by Crippen LogP contribution is -2.11. The van der Waals surface area contributed by atoms with Crippen molar-refractivity contribution in [2.45, 2.75) is 13.8 Å². The summed E-state index contributed by atoms with van der Waals surface area (Å²) in [5.41, 5.74) is 1.32. The van der Waals surface area contributed by atoms with E-state index in [1.165, 1.54) is 0 Å². The number of hydrogen-bond donors (Lipinski definition) is 1. The van der Waals surface area contributed by atoms with E-state index in [2.05, 4.69) is 31.2 Å². The second-order valence-corrected chi connectivity index (χ2v) is 3.88. The summed E-state index contributed by atoms with van der Waals surface area (Å²) in [5, 5.41) is 6.09. The average molecular weight is 271 g/mol. The van der Waals surface area contributed by atoms with Crippen LogP contribution >= 0.6 is 15.9 Å². The van der Waals surface area contributed by atoms with Crippen LogP contribution in [0.1, 0.15) is 13.8 Å². The number of oxime groups is 1. The van der Waals surface area contributed by atoms with Gasteiger partial charge in [0.2, 0.25) is 0 Å². The van der Waals surface area contributed by atoms with Crippen molar-refractivity contribution in [3.8, 4) is 0 Å². The third kappa shape index (κ3) is 4.12. The Labute approximate surface area is 96.4 Å². The number of nitrogens with one attached hydrogen (secondary N) is 1. The number of benzene rings is 1. The summed E-state index contributed by atoms with van der Waals surface area (Å²) in [4.78, 5) is 15.8. The Morgan fingerprint density at radius 2 is 2.07 bits per heavy atom. The smallest absolute Gasteiger partial charge is 0.298 e. The monoisotopic (exact) mass is 270 g/mol. The van der Waals surface area contributed by atoms with Crippen molar-refractivity contribution in [1.29, 1.82) is 0 Å². The molecule has 1 amide bonds. The van der Waals surface area contributed by atoms with Crippen molar-refractivity contribution in [2.75, 3.05) is 5.32 Å². The van der Waals surface area contributed by atoms with Crippen LogP contribution in [0.4, 0.5) is 10.5 Å². The maximum absolute atomic E-state index is 11.2. The van der Waals surface area contributed by atoms with E-state index in [4.69, 9.17) is 0 Å². The second kappa shape index (κ2) is 5.50. The maximum atomic E-state index is 11.2. The van der Waals surface area contributed by atoms with Crippen molar-refractivity contribution in [3.63, 3.8) is 0 Å². The van der Waals surface area contributed by atoms with Crippen LogP contribution in [-0.4, -0.2) is 11.8 Å². The van der Waals surface area contributed by atoms with Crippen LogP contribution in [0.2, 0.25) is 0 Å². The fourth-order valence-corrected chi connectivity index (χ4v) is 1.21. The van der Waals surface area contributed by atoms with Gasteiger partial charge < -0.3 is 0 Å². The Balaban J connectivity index is 2.59. The van der Waals surface area contributed by atoms with Gasteiger partial charge in [-0.25, -0.2) is 4.79 Å². The van der Waals surface area contributed by atoms with Gasteiger partial charge in [-0.05, 0) is 41.9 Å². The number of hydrogen-bond acceptors (Lipinski definition) is 3. The van der Waals surface area contributed by atoms with Gasteiger partial charge in [0, 0.05) is 4.47 Å². The average Bonchev–Trinajstić information content (AvgIpc) is 2.18. The van der Waals surface area contributed by atoms with Gasteiger partial charge in [-0.1, -0.05) is 17.3 Å². The normalized spacial score (nSPS) is 9.27. The zero-order valence-corrected chi connectivity index (χ0v) is 10.0. The minimum atomic E-state index is -0.608. The molecule has 5 heteroatoms. The first kappa shape index (κ1) is 11.7. The molecule has 0 spiro atoms. The van der Waals surface area contributed by atoms with Gasteiger partial charge in [0.1, 0.15) is 0 Å². The lowest BCUT2D eigenvalue weighted by Gasteiger charge is -2.04. The quantitative estimate of drug-likeness (QED) is 0.509. The molecule has 4 nitrogen and oxygen atoms in total. The van der Waals surface area contributed by atoms with E-state index in [0.29, 0.717) is 11.4 Å². The molecule has 15 heavy (non-hydrogen) atoms. The highest BCUT2D eigenvalue weighted by Gasteiger charge is 2.04. The van der Waals surface area contributed by atoms with Crippen molar-refractivity contribution >= 4 is 33.4 Å². The van der Waals surface area contributed by atoms with Crippen LogP contribution in [0.3, 0.4) is 0 Å². The number of halogens is 1. The van der Waals surface area contributed by atoms with E-state index >= 15 is 0 Å². The van der Waals surface area contributed by atoms with Crippen LogP contribution < -0.4 is 5.32 Å². The highest BCUT2D eigenvalue weighted by molar-refractivity contribution is 9.10. The zero-order valence-electron chi connectivity index (χ0n) is 8.45. The summed E-state index contributed by atoms with van der Waals surface area (Å²) >= 11 is 3.30. The Morgan fingerprint density at radius 3 is 2.67 bits per heavy atom. The van der Waals surface area contributed by atoms with E-state index < -0.39 is 6.09 Å². The maximum Gasteiger partial charge on any atom is 0.437 e. The fourth-order valence-electron chi connectivity index (χ4n) is 0.828. The van der Waals surface area contributed by atoms with Gasteiger partial charge in [-0.15, -0.1) is 0 Å². The van der Waals surface area contributed by atoms with Gasteiger partial charge in [-0.2, -0.15) is 0 Å². The first-order valence-electron chi connectivity index (χ1n) is 4.33. The third-order valence-corrected chi connectivity index (χ3v) is 2.11. The number of amides is 1. The summed E-state index contributed by atoms with van der Waals surface area (Å²) in [6.07, 6.45) is -0.608. The first-order chi connectivity index (χ1) is 7.09. The van der Waals surface area contributed by atoms with Crippen molar-refractivity contribution in [1.82, 2.24) is 0 Å². The number of para-hydroxylation sites is 1. The molecule has 0 bridgehead atoms. The topological polar surface area (TPSA) is 50.7 Å². The van der Waals surface area contributed by atoms with Crippen LogP contribution in [0.25, 0.3) is 0 Å². The zero-order chi connectivity index (χ0) is 11.3. The Morgan fingerprint density at radius 1 is 1.40 bits per heavy atom. The van der Waals surface area contributed by atoms with Gasteiger partial charge in [0.15, 0.2) is 0 Å². The number of anilines is 1. The highest BCUT2D eigenvalue weighted by Crippen LogP contribution is 2.21. The molecule has 0 aliphatic carbocycles. The first-order valence-corrected chi connectivity index (χ1v) is 5.12. The molecule has 0 atom stereocenters. The SMILES string of the molecule is CC(C)=NOC(=O)Nc1ccccc1Br. The summed E-state index contributed by atoms with van der Waals surface area (Å²) in [6, 6.07) is 7.25. The molecule has 0 fully saturated rings. The number of carbonyl (C=O) groups excluding carboxylic acids is 1. The van der Waals surface area contributed by atoms with Crippen LogP contribution in [0.15, 0.2) is 33.9 Å². The Kier molecular flexibility index (Phi) is 4.30. The molecular formula is C10H11BrN2O2. The van der Waals surface area contributed by atoms with Gasteiger partial charge >= 0.3 is 6.09 Å². The van der Waals surface area contributed by atoms with E-state index in [1.54, 1.807) is 19.9 Å². The molecule has 1 aromatic rings. The summed E-state index contributed by atoms with van der Waals surface area (Å²) < 4.78 is 0.791. The van der Waals surface area contributed by atoms with Gasteiger partial charge in [0.25, 0.3) is 0 Å². The standard InChI is InChI=1S/C10H11BrN2O2/c1-7(2)13-15-10(14)12-9-6-4-3-5-8(9)11/h3-6H,1-2H3,(H,12,14). The molecule has 0 aromatic heterocycles.